The molecule has 8 heteroatoms. The van der Waals surface area contributed by atoms with Crippen molar-refractivity contribution in [3.63, 3.8) is 0 Å². The van der Waals surface area contributed by atoms with E-state index in [-0.39, 0.29) is 18.5 Å². The van der Waals surface area contributed by atoms with E-state index >= 15 is 0 Å². The average Bonchev–Trinajstić information content (AvgIpc) is 2.97. The molecule has 0 bridgehead atoms. The third-order valence-electron chi connectivity index (χ3n) is 3.22. The maximum atomic E-state index is 12.5. The molecule has 1 fully saturated rings. The highest BCUT2D eigenvalue weighted by atomic mass is 19.4. The van der Waals surface area contributed by atoms with Gasteiger partial charge in [-0.1, -0.05) is 6.07 Å². The van der Waals surface area contributed by atoms with Gasteiger partial charge < -0.3 is 14.8 Å². The Labute approximate surface area is 125 Å². The number of halogens is 3. The third kappa shape index (κ3) is 4.67. The number of carbonyl (C=O) groups is 1. The van der Waals surface area contributed by atoms with Gasteiger partial charge in [0.2, 0.25) is 0 Å². The van der Waals surface area contributed by atoms with Crippen molar-refractivity contribution in [1.82, 2.24) is 4.98 Å². The fraction of sp³-hybridized carbons (Fsp3) is 0.571. The first-order valence-electron chi connectivity index (χ1n) is 6.94. The van der Waals surface area contributed by atoms with Crippen molar-refractivity contribution in [3.05, 3.63) is 23.9 Å². The lowest BCUT2D eigenvalue weighted by molar-refractivity contribution is -0.141. The quantitative estimate of drug-likeness (QED) is 0.906. The molecule has 0 aromatic carbocycles. The van der Waals surface area contributed by atoms with Crippen molar-refractivity contribution in [1.29, 1.82) is 0 Å². The van der Waals surface area contributed by atoms with Gasteiger partial charge in [-0.05, 0) is 31.9 Å². The lowest BCUT2D eigenvalue weighted by Gasteiger charge is -2.16. The lowest BCUT2D eigenvalue weighted by atomic mass is 10.2. The van der Waals surface area contributed by atoms with E-state index in [0.29, 0.717) is 6.61 Å². The average molecular weight is 318 g/mol. The van der Waals surface area contributed by atoms with Gasteiger partial charge in [0.15, 0.2) is 0 Å². The molecule has 1 aromatic rings. The molecule has 2 rings (SSSR count). The van der Waals surface area contributed by atoms with E-state index < -0.39 is 23.9 Å². The molecular formula is C14H17F3N2O3. The van der Waals surface area contributed by atoms with Gasteiger partial charge in [-0.2, -0.15) is 13.2 Å². The van der Waals surface area contributed by atoms with Gasteiger partial charge in [-0.15, -0.1) is 0 Å². The maximum Gasteiger partial charge on any atom is 0.433 e. The van der Waals surface area contributed by atoms with E-state index in [1.54, 1.807) is 0 Å². The molecule has 1 amide bonds. The Balaban J connectivity index is 1.87. The number of ether oxygens (including phenoxy) is 2. The Hall–Kier alpha value is -1.67. The van der Waals surface area contributed by atoms with Crippen LogP contribution in [0.4, 0.5) is 19.0 Å². The highest BCUT2D eigenvalue weighted by Crippen LogP contribution is 2.28. The number of hydrogen-bond acceptors (Lipinski definition) is 4. The summed E-state index contributed by atoms with van der Waals surface area (Å²) in [7, 11) is 0. The Morgan fingerprint density at radius 2 is 2.32 bits per heavy atom. The lowest BCUT2D eigenvalue weighted by Crippen LogP contribution is -2.31. The van der Waals surface area contributed by atoms with E-state index in [9.17, 15) is 18.0 Å². The minimum atomic E-state index is -4.55. The Morgan fingerprint density at radius 3 is 2.95 bits per heavy atom. The van der Waals surface area contributed by atoms with E-state index in [0.717, 1.165) is 18.9 Å². The van der Waals surface area contributed by atoms with E-state index in [2.05, 4.69) is 10.3 Å². The zero-order valence-corrected chi connectivity index (χ0v) is 12.0. The second-order valence-corrected chi connectivity index (χ2v) is 5.01. The van der Waals surface area contributed by atoms with Crippen molar-refractivity contribution in [2.75, 3.05) is 18.5 Å². The van der Waals surface area contributed by atoms with Gasteiger partial charge in [0, 0.05) is 6.61 Å². The number of rotatable bonds is 5. The monoisotopic (exact) mass is 318 g/mol. The molecule has 1 saturated heterocycles. The van der Waals surface area contributed by atoms with Crippen LogP contribution in [0.15, 0.2) is 18.2 Å². The Bertz CT molecular complexity index is 516. The molecule has 22 heavy (non-hydrogen) atoms. The molecule has 1 aliphatic rings. The SMILES string of the molecule is C[C@@H](OC[C@@H]1CCCO1)C(=O)Nc1cccc(C(F)(F)F)n1. The summed E-state index contributed by atoms with van der Waals surface area (Å²) in [5.74, 6) is -0.711. The minimum absolute atomic E-state index is 0.0260. The molecule has 1 N–H and O–H groups in total. The zero-order valence-electron chi connectivity index (χ0n) is 12.0. The standard InChI is InChI=1S/C14H17F3N2O3/c1-9(22-8-10-4-3-7-21-10)13(20)19-12-6-2-5-11(18-12)14(15,16)17/h2,5-6,9-10H,3-4,7-8H2,1H3,(H,18,19,20)/t9-,10+/m1/s1. The van der Waals surface area contributed by atoms with Gasteiger partial charge in [0.1, 0.15) is 17.6 Å². The van der Waals surface area contributed by atoms with Gasteiger partial charge in [-0.3, -0.25) is 4.79 Å². The van der Waals surface area contributed by atoms with Crippen LogP contribution in [0.2, 0.25) is 0 Å². The molecule has 0 unspecified atom stereocenters. The summed E-state index contributed by atoms with van der Waals surface area (Å²) in [5.41, 5.74) is -1.06. The van der Waals surface area contributed by atoms with Crippen LogP contribution in [0.1, 0.15) is 25.5 Å². The van der Waals surface area contributed by atoms with Crippen LogP contribution < -0.4 is 5.32 Å². The first-order chi connectivity index (χ1) is 10.4. The normalized spacial score (nSPS) is 19.9. The Kier molecular flexibility index (Phi) is 5.36. The molecule has 0 saturated carbocycles. The summed E-state index contributed by atoms with van der Waals surface area (Å²) < 4.78 is 48.4. The summed E-state index contributed by atoms with van der Waals surface area (Å²) in [6.45, 7) is 2.49. The number of aromatic nitrogens is 1. The van der Waals surface area contributed by atoms with Crippen molar-refractivity contribution < 1.29 is 27.4 Å². The fourth-order valence-electron chi connectivity index (χ4n) is 1.99. The predicted octanol–water partition coefficient (Wildman–Crippen LogP) is 2.62. The van der Waals surface area contributed by atoms with Gasteiger partial charge in [-0.25, -0.2) is 4.98 Å². The van der Waals surface area contributed by atoms with Crippen molar-refractivity contribution in [3.8, 4) is 0 Å². The molecule has 1 aromatic heterocycles. The molecule has 0 radical (unpaired) electrons. The van der Waals surface area contributed by atoms with Gasteiger partial charge >= 0.3 is 6.18 Å². The number of carbonyl (C=O) groups excluding carboxylic acids is 1. The van der Waals surface area contributed by atoms with Gasteiger partial charge in [0.25, 0.3) is 5.91 Å². The molecule has 0 aliphatic carbocycles. The highest BCUT2D eigenvalue weighted by Gasteiger charge is 2.32. The largest absolute Gasteiger partial charge is 0.433 e. The number of nitrogens with zero attached hydrogens (tertiary/aromatic N) is 1. The highest BCUT2D eigenvalue weighted by molar-refractivity contribution is 5.93. The molecular weight excluding hydrogens is 301 g/mol. The minimum Gasteiger partial charge on any atom is -0.376 e. The van der Waals surface area contributed by atoms with Crippen molar-refractivity contribution in [2.24, 2.45) is 0 Å². The molecule has 0 spiro atoms. The first-order valence-corrected chi connectivity index (χ1v) is 6.94. The molecule has 1 aliphatic heterocycles. The van der Waals surface area contributed by atoms with Crippen molar-refractivity contribution in [2.45, 2.75) is 38.1 Å². The van der Waals surface area contributed by atoms with Crippen LogP contribution in [0.3, 0.4) is 0 Å². The number of anilines is 1. The molecule has 2 heterocycles. The summed E-state index contributed by atoms with van der Waals surface area (Å²) in [6.07, 6.45) is -3.54. The van der Waals surface area contributed by atoms with Crippen molar-refractivity contribution >= 4 is 11.7 Å². The fourth-order valence-corrected chi connectivity index (χ4v) is 1.99. The van der Waals surface area contributed by atoms with Crippen LogP contribution in [0.5, 0.6) is 0 Å². The molecule has 2 atom stereocenters. The van der Waals surface area contributed by atoms with E-state index in [1.165, 1.54) is 19.1 Å². The van der Waals surface area contributed by atoms with Crippen LogP contribution in [0.25, 0.3) is 0 Å². The molecule has 122 valence electrons. The zero-order chi connectivity index (χ0) is 16.2. The number of nitrogens with one attached hydrogen (secondary N) is 1. The first kappa shape index (κ1) is 16.7. The maximum absolute atomic E-state index is 12.5. The van der Waals surface area contributed by atoms with E-state index in [4.69, 9.17) is 9.47 Å². The van der Waals surface area contributed by atoms with Crippen LogP contribution in [-0.2, 0) is 20.4 Å². The third-order valence-corrected chi connectivity index (χ3v) is 3.22. The summed E-state index contributed by atoms with van der Waals surface area (Å²) in [5, 5.41) is 2.31. The van der Waals surface area contributed by atoms with Crippen LogP contribution in [0, 0.1) is 0 Å². The Morgan fingerprint density at radius 1 is 1.55 bits per heavy atom. The smallest absolute Gasteiger partial charge is 0.376 e. The van der Waals surface area contributed by atoms with E-state index in [1.807, 2.05) is 0 Å². The topological polar surface area (TPSA) is 60.5 Å². The van der Waals surface area contributed by atoms with Crippen LogP contribution >= 0.6 is 0 Å². The number of alkyl halides is 3. The van der Waals surface area contributed by atoms with Crippen LogP contribution in [-0.4, -0.2) is 36.3 Å². The second kappa shape index (κ2) is 7.06. The van der Waals surface area contributed by atoms with Gasteiger partial charge in [0.05, 0.1) is 12.7 Å². The summed E-state index contributed by atoms with van der Waals surface area (Å²) in [4.78, 5) is 15.2. The predicted molar refractivity (Wildman–Crippen MR) is 72.3 cm³/mol. The summed E-state index contributed by atoms with van der Waals surface area (Å²) >= 11 is 0. The summed E-state index contributed by atoms with van der Waals surface area (Å²) in [6, 6.07) is 3.32. The number of hydrogen-bond donors (Lipinski definition) is 1. The number of amides is 1. The second-order valence-electron chi connectivity index (χ2n) is 5.01. The molecule has 5 nitrogen and oxygen atoms in total. The number of pyridine rings is 1.